The van der Waals surface area contributed by atoms with Gasteiger partial charge in [-0.1, -0.05) is 64.7 Å². The maximum atomic E-state index is 11.7. The summed E-state index contributed by atoms with van der Waals surface area (Å²) in [5, 5.41) is 0. The molecule has 2 heteroatoms. The fourth-order valence-electron chi connectivity index (χ4n) is 2.34. The summed E-state index contributed by atoms with van der Waals surface area (Å²) in [6.07, 6.45) is 16.8. The Balaban J connectivity index is 1.85. The van der Waals surface area contributed by atoms with Crippen LogP contribution in [0, 0.1) is 0 Å². The van der Waals surface area contributed by atoms with E-state index in [4.69, 9.17) is 4.42 Å². The number of hydrogen-bond donors (Lipinski definition) is 0. The van der Waals surface area contributed by atoms with Crippen LogP contribution in [-0.4, -0.2) is 5.78 Å². The fourth-order valence-corrected chi connectivity index (χ4v) is 2.34. The largest absolute Gasteiger partial charge is 0.472 e. The van der Waals surface area contributed by atoms with E-state index >= 15 is 0 Å². The number of rotatable bonds is 12. The third kappa shape index (κ3) is 7.86. The Morgan fingerprint density at radius 1 is 0.947 bits per heavy atom. The van der Waals surface area contributed by atoms with Gasteiger partial charge in [-0.25, -0.2) is 0 Å². The second kappa shape index (κ2) is 10.8. The van der Waals surface area contributed by atoms with E-state index in [1.54, 1.807) is 18.6 Å². The molecule has 0 aromatic carbocycles. The summed E-state index contributed by atoms with van der Waals surface area (Å²) in [6.45, 7) is 2.25. The molecule has 108 valence electrons. The average Bonchev–Trinajstić information content (AvgIpc) is 2.95. The van der Waals surface area contributed by atoms with Gasteiger partial charge in [-0.15, -0.1) is 0 Å². The molecule has 0 aliphatic heterocycles. The highest BCUT2D eigenvalue weighted by Crippen LogP contribution is 2.13. The normalized spacial score (nSPS) is 10.8. The van der Waals surface area contributed by atoms with Crippen molar-refractivity contribution in [3.05, 3.63) is 24.2 Å². The van der Waals surface area contributed by atoms with Crippen LogP contribution < -0.4 is 0 Å². The highest BCUT2D eigenvalue weighted by Gasteiger charge is 2.05. The molecule has 0 radical (unpaired) electrons. The molecule has 0 fully saturated rings. The van der Waals surface area contributed by atoms with E-state index in [9.17, 15) is 4.79 Å². The second-order valence-electron chi connectivity index (χ2n) is 5.37. The van der Waals surface area contributed by atoms with E-state index in [0.717, 1.165) is 12.0 Å². The molecule has 0 unspecified atom stereocenters. The first-order valence-electron chi connectivity index (χ1n) is 7.90. The minimum Gasteiger partial charge on any atom is -0.472 e. The molecule has 0 saturated carbocycles. The van der Waals surface area contributed by atoms with Crippen LogP contribution in [0.5, 0.6) is 0 Å². The molecule has 0 bridgehead atoms. The monoisotopic (exact) mass is 264 g/mol. The molecule has 2 nitrogen and oxygen atoms in total. The molecular formula is C17H28O2. The Labute approximate surface area is 117 Å². The number of carbonyl (C=O) groups excluding carboxylic acids is 1. The minimum atomic E-state index is 0.216. The predicted molar refractivity (Wildman–Crippen MR) is 79.5 cm³/mol. The van der Waals surface area contributed by atoms with Gasteiger partial charge in [0, 0.05) is 6.42 Å². The van der Waals surface area contributed by atoms with Crippen molar-refractivity contribution < 1.29 is 9.21 Å². The number of unbranched alkanes of at least 4 members (excludes halogenated alkanes) is 9. The van der Waals surface area contributed by atoms with E-state index in [1.807, 2.05) is 0 Å². The Bertz CT molecular complexity index is 314. The molecule has 1 rings (SSSR count). The maximum Gasteiger partial charge on any atom is 0.166 e. The summed E-state index contributed by atoms with van der Waals surface area (Å²) in [5.74, 6) is 0.216. The third-order valence-corrected chi connectivity index (χ3v) is 3.60. The molecule has 0 aliphatic rings. The van der Waals surface area contributed by atoms with Crippen molar-refractivity contribution in [1.29, 1.82) is 0 Å². The first-order chi connectivity index (χ1) is 9.34. The Morgan fingerprint density at radius 3 is 2.05 bits per heavy atom. The van der Waals surface area contributed by atoms with Gasteiger partial charge < -0.3 is 4.42 Å². The first kappa shape index (κ1) is 16.0. The lowest BCUT2D eigenvalue weighted by Crippen LogP contribution is -1.96. The van der Waals surface area contributed by atoms with Crippen LogP contribution in [0.15, 0.2) is 23.0 Å². The molecule has 1 aromatic heterocycles. The van der Waals surface area contributed by atoms with Crippen molar-refractivity contribution in [2.75, 3.05) is 0 Å². The highest BCUT2D eigenvalue weighted by atomic mass is 16.3. The van der Waals surface area contributed by atoms with Crippen molar-refractivity contribution in [2.45, 2.75) is 77.6 Å². The zero-order valence-corrected chi connectivity index (χ0v) is 12.3. The third-order valence-electron chi connectivity index (χ3n) is 3.60. The maximum absolute atomic E-state index is 11.7. The quantitative estimate of drug-likeness (QED) is 0.354. The first-order valence-corrected chi connectivity index (χ1v) is 7.90. The number of Topliss-reactive ketones (excluding diaryl/α,β-unsaturated/α-hetero) is 1. The van der Waals surface area contributed by atoms with Gasteiger partial charge in [-0.2, -0.15) is 0 Å². The van der Waals surface area contributed by atoms with Crippen LogP contribution in [0.4, 0.5) is 0 Å². The van der Waals surface area contributed by atoms with Gasteiger partial charge in [0.05, 0.1) is 11.8 Å². The Kier molecular flexibility index (Phi) is 9.13. The molecule has 0 spiro atoms. The molecule has 0 aliphatic carbocycles. The van der Waals surface area contributed by atoms with Crippen molar-refractivity contribution in [2.24, 2.45) is 0 Å². The standard InChI is InChI=1S/C17H28O2/c1-2-3-4-5-6-7-8-9-10-11-12-17(18)16-13-14-19-15-16/h13-15H,2-12H2,1H3. The molecule has 0 N–H and O–H groups in total. The minimum absolute atomic E-state index is 0.216. The number of ketones is 1. The van der Waals surface area contributed by atoms with Crippen LogP contribution in [0.25, 0.3) is 0 Å². The van der Waals surface area contributed by atoms with Crippen LogP contribution in [0.2, 0.25) is 0 Å². The molecule has 1 heterocycles. The molecule has 0 saturated heterocycles. The van der Waals surface area contributed by atoms with E-state index < -0.39 is 0 Å². The Morgan fingerprint density at radius 2 is 1.53 bits per heavy atom. The van der Waals surface area contributed by atoms with E-state index in [2.05, 4.69) is 6.92 Å². The van der Waals surface area contributed by atoms with Crippen molar-refractivity contribution in [1.82, 2.24) is 0 Å². The van der Waals surface area contributed by atoms with E-state index in [0.29, 0.717) is 6.42 Å². The SMILES string of the molecule is CCCCCCCCCCCCC(=O)c1ccoc1. The summed E-state index contributed by atoms with van der Waals surface area (Å²) in [5.41, 5.74) is 0.718. The number of hydrogen-bond acceptors (Lipinski definition) is 2. The molecule has 0 atom stereocenters. The molecule has 0 amide bonds. The summed E-state index contributed by atoms with van der Waals surface area (Å²) in [7, 11) is 0. The van der Waals surface area contributed by atoms with Gasteiger partial charge in [0.15, 0.2) is 5.78 Å². The summed E-state index contributed by atoms with van der Waals surface area (Å²) in [6, 6.07) is 1.75. The van der Waals surface area contributed by atoms with Gasteiger partial charge in [0.25, 0.3) is 0 Å². The zero-order chi connectivity index (χ0) is 13.8. The lowest BCUT2D eigenvalue weighted by molar-refractivity contribution is 0.0978. The number of carbonyl (C=O) groups is 1. The Hall–Kier alpha value is -1.05. The van der Waals surface area contributed by atoms with Crippen LogP contribution in [0.1, 0.15) is 87.9 Å². The number of furan rings is 1. The summed E-state index contributed by atoms with van der Waals surface area (Å²) < 4.78 is 4.91. The zero-order valence-electron chi connectivity index (χ0n) is 12.3. The lowest BCUT2D eigenvalue weighted by Gasteiger charge is -2.02. The van der Waals surface area contributed by atoms with Gasteiger partial charge in [-0.3, -0.25) is 4.79 Å². The molecular weight excluding hydrogens is 236 g/mol. The second-order valence-corrected chi connectivity index (χ2v) is 5.37. The lowest BCUT2D eigenvalue weighted by atomic mass is 10.0. The van der Waals surface area contributed by atoms with Crippen LogP contribution >= 0.6 is 0 Å². The smallest absolute Gasteiger partial charge is 0.166 e. The van der Waals surface area contributed by atoms with Gasteiger partial charge >= 0.3 is 0 Å². The molecule has 19 heavy (non-hydrogen) atoms. The summed E-state index contributed by atoms with van der Waals surface area (Å²) in [4.78, 5) is 11.7. The molecule has 1 aromatic rings. The van der Waals surface area contributed by atoms with Crippen LogP contribution in [0.3, 0.4) is 0 Å². The van der Waals surface area contributed by atoms with Crippen molar-refractivity contribution >= 4 is 5.78 Å². The predicted octanol–water partition coefficient (Wildman–Crippen LogP) is 5.77. The van der Waals surface area contributed by atoms with Gasteiger partial charge in [0.2, 0.25) is 0 Å². The fraction of sp³-hybridized carbons (Fsp3) is 0.706. The van der Waals surface area contributed by atoms with E-state index in [-0.39, 0.29) is 5.78 Å². The van der Waals surface area contributed by atoms with Gasteiger partial charge in [-0.05, 0) is 12.5 Å². The average molecular weight is 264 g/mol. The summed E-state index contributed by atoms with van der Waals surface area (Å²) >= 11 is 0. The van der Waals surface area contributed by atoms with Crippen molar-refractivity contribution in [3.8, 4) is 0 Å². The van der Waals surface area contributed by atoms with E-state index in [1.165, 1.54) is 57.8 Å². The van der Waals surface area contributed by atoms with Crippen LogP contribution in [-0.2, 0) is 0 Å². The van der Waals surface area contributed by atoms with Crippen molar-refractivity contribution in [3.63, 3.8) is 0 Å². The van der Waals surface area contributed by atoms with Gasteiger partial charge in [0.1, 0.15) is 6.26 Å². The topological polar surface area (TPSA) is 30.2 Å². The highest BCUT2D eigenvalue weighted by molar-refractivity contribution is 5.95.